The fourth-order valence-electron chi connectivity index (χ4n) is 1.47. The third-order valence-corrected chi connectivity index (χ3v) is 2.31. The minimum Gasteiger partial charge on any atom is -0.381 e. The molecule has 1 aliphatic rings. The SMILES string of the molecule is NCCCNCCC1CCOC1. The molecule has 72 valence electrons. The molecular weight excluding hydrogens is 152 g/mol. The van der Waals surface area contributed by atoms with Crippen LogP contribution in [0.3, 0.4) is 0 Å². The van der Waals surface area contributed by atoms with Gasteiger partial charge in [-0.25, -0.2) is 0 Å². The minimum absolute atomic E-state index is 0.791. The van der Waals surface area contributed by atoms with Crippen LogP contribution in [0.4, 0.5) is 0 Å². The van der Waals surface area contributed by atoms with Gasteiger partial charge in [0.2, 0.25) is 0 Å². The van der Waals surface area contributed by atoms with E-state index < -0.39 is 0 Å². The van der Waals surface area contributed by atoms with Gasteiger partial charge in [0.15, 0.2) is 0 Å². The van der Waals surface area contributed by atoms with E-state index in [1.54, 1.807) is 0 Å². The molecule has 1 unspecified atom stereocenters. The Morgan fingerprint density at radius 3 is 3.00 bits per heavy atom. The van der Waals surface area contributed by atoms with Crippen LogP contribution in [0, 0.1) is 5.92 Å². The summed E-state index contributed by atoms with van der Waals surface area (Å²) in [6, 6.07) is 0. The standard InChI is InChI=1S/C9H20N2O/c10-4-1-5-11-6-2-9-3-7-12-8-9/h9,11H,1-8,10H2. The summed E-state index contributed by atoms with van der Waals surface area (Å²) < 4.78 is 5.29. The fraction of sp³-hybridized carbons (Fsp3) is 1.00. The Labute approximate surface area is 74.7 Å². The molecular formula is C9H20N2O. The second-order valence-electron chi connectivity index (χ2n) is 3.41. The van der Waals surface area contributed by atoms with E-state index in [0.717, 1.165) is 45.2 Å². The second kappa shape index (κ2) is 6.40. The lowest BCUT2D eigenvalue weighted by atomic mass is 10.1. The van der Waals surface area contributed by atoms with Crippen LogP contribution in [0.2, 0.25) is 0 Å². The molecule has 0 aromatic carbocycles. The Hall–Kier alpha value is -0.120. The van der Waals surface area contributed by atoms with Crippen molar-refractivity contribution in [3.05, 3.63) is 0 Å². The van der Waals surface area contributed by atoms with Gasteiger partial charge in [0, 0.05) is 13.2 Å². The molecule has 0 spiro atoms. The summed E-state index contributed by atoms with van der Waals surface area (Å²) in [5, 5.41) is 3.38. The predicted molar refractivity (Wildman–Crippen MR) is 50.1 cm³/mol. The molecule has 3 nitrogen and oxygen atoms in total. The summed E-state index contributed by atoms with van der Waals surface area (Å²) in [5.74, 6) is 0.801. The first-order valence-electron chi connectivity index (χ1n) is 4.92. The maximum absolute atomic E-state index is 5.37. The summed E-state index contributed by atoms with van der Waals surface area (Å²) in [7, 11) is 0. The quantitative estimate of drug-likeness (QED) is 0.568. The molecule has 0 radical (unpaired) electrons. The van der Waals surface area contributed by atoms with Crippen LogP contribution in [-0.2, 0) is 4.74 Å². The second-order valence-corrected chi connectivity index (χ2v) is 3.41. The van der Waals surface area contributed by atoms with Crippen LogP contribution >= 0.6 is 0 Å². The summed E-state index contributed by atoms with van der Waals surface area (Å²) in [4.78, 5) is 0. The van der Waals surface area contributed by atoms with Gasteiger partial charge in [0.25, 0.3) is 0 Å². The van der Waals surface area contributed by atoms with Gasteiger partial charge in [-0.3, -0.25) is 0 Å². The monoisotopic (exact) mass is 172 g/mol. The highest BCUT2D eigenvalue weighted by atomic mass is 16.5. The molecule has 0 aromatic heterocycles. The zero-order valence-electron chi connectivity index (χ0n) is 7.72. The zero-order chi connectivity index (χ0) is 8.65. The first-order valence-corrected chi connectivity index (χ1v) is 4.92. The van der Waals surface area contributed by atoms with Crippen molar-refractivity contribution in [1.29, 1.82) is 0 Å². The third kappa shape index (κ3) is 4.04. The van der Waals surface area contributed by atoms with Gasteiger partial charge in [-0.2, -0.15) is 0 Å². The molecule has 1 saturated heterocycles. The average molecular weight is 172 g/mol. The lowest BCUT2D eigenvalue weighted by Gasteiger charge is -2.07. The molecule has 3 N–H and O–H groups in total. The third-order valence-electron chi connectivity index (χ3n) is 2.31. The molecule has 3 heteroatoms. The van der Waals surface area contributed by atoms with Crippen LogP contribution in [0.15, 0.2) is 0 Å². The largest absolute Gasteiger partial charge is 0.381 e. The molecule has 12 heavy (non-hydrogen) atoms. The Bertz CT molecular complexity index is 103. The molecule has 1 rings (SSSR count). The number of ether oxygens (including phenoxy) is 1. The lowest BCUT2D eigenvalue weighted by Crippen LogP contribution is -2.21. The van der Waals surface area contributed by atoms with Crippen molar-refractivity contribution in [3.8, 4) is 0 Å². The molecule has 1 fully saturated rings. The average Bonchev–Trinajstić information content (AvgIpc) is 2.57. The van der Waals surface area contributed by atoms with Gasteiger partial charge in [-0.05, 0) is 44.8 Å². The molecule has 0 aliphatic carbocycles. The summed E-state index contributed by atoms with van der Waals surface area (Å²) >= 11 is 0. The van der Waals surface area contributed by atoms with E-state index in [9.17, 15) is 0 Å². The fourth-order valence-corrected chi connectivity index (χ4v) is 1.47. The van der Waals surface area contributed by atoms with E-state index in [2.05, 4.69) is 5.32 Å². The number of hydrogen-bond donors (Lipinski definition) is 2. The highest BCUT2D eigenvalue weighted by molar-refractivity contribution is 4.65. The van der Waals surface area contributed by atoms with E-state index in [0.29, 0.717) is 0 Å². The van der Waals surface area contributed by atoms with Crippen molar-refractivity contribution >= 4 is 0 Å². The van der Waals surface area contributed by atoms with Crippen LogP contribution < -0.4 is 11.1 Å². The van der Waals surface area contributed by atoms with E-state index >= 15 is 0 Å². The first kappa shape index (κ1) is 9.96. The van der Waals surface area contributed by atoms with Crippen molar-refractivity contribution in [2.45, 2.75) is 19.3 Å². The summed E-state index contributed by atoms with van der Waals surface area (Å²) in [5.41, 5.74) is 5.37. The highest BCUT2D eigenvalue weighted by Crippen LogP contribution is 2.14. The Morgan fingerprint density at radius 1 is 1.42 bits per heavy atom. The number of rotatable bonds is 6. The maximum Gasteiger partial charge on any atom is 0.0495 e. The topological polar surface area (TPSA) is 47.3 Å². The Morgan fingerprint density at radius 2 is 2.33 bits per heavy atom. The molecule has 0 bridgehead atoms. The van der Waals surface area contributed by atoms with Crippen molar-refractivity contribution in [2.24, 2.45) is 11.7 Å². The summed E-state index contributed by atoms with van der Waals surface area (Å²) in [6.45, 7) is 4.91. The van der Waals surface area contributed by atoms with Gasteiger partial charge in [-0.15, -0.1) is 0 Å². The van der Waals surface area contributed by atoms with Crippen molar-refractivity contribution in [3.63, 3.8) is 0 Å². The smallest absolute Gasteiger partial charge is 0.0495 e. The van der Waals surface area contributed by atoms with Crippen LogP contribution in [0.25, 0.3) is 0 Å². The Kier molecular flexibility index (Phi) is 5.32. The van der Waals surface area contributed by atoms with E-state index in [-0.39, 0.29) is 0 Å². The highest BCUT2D eigenvalue weighted by Gasteiger charge is 2.14. The molecule has 0 aromatic rings. The minimum atomic E-state index is 0.791. The van der Waals surface area contributed by atoms with E-state index in [4.69, 9.17) is 10.5 Å². The molecule has 1 aliphatic heterocycles. The van der Waals surface area contributed by atoms with Crippen LogP contribution in [0.5, 0.6) is 0 Å². The van der Waals surface area contributed by atoms with Crippen molar-refractivity contribution < 1.29 is 4.74 Å². The van der Waals surface area contributed by atoms with Gasteiger partial charge in [-0.1, -0.05) is 0 Å². The first-order chi connectivity index (χ1) is 5.93. The van der Waals surface area contributed by atoms with Gasteiger partial charge < -0.3 is 15.8 Å². The zero-order valence-corrected chi connectivity index (χ0v) is 7.72. The van der Waals surface area contributed by atoms with Crippen LogP contribution in [-0.4, -0.2) is 32.8 Å². The summed E-state index contributed by atoms with van der Waals surface area (Å²) in [6.07, 6.45) is 3.59. The molecule has 1 heterocycles. The predicted octanol–water partition coefficient (Wildman–Crippen LogP) is 0.351. The maximum atomic E-state index is 5.37. The molecule has 0 saturated carbocycles. The van der Waals surface area contributed by atoms with E-state index in [1.165, 1.54) is 12.8 Å². The molecule has 1 atom stereocenters. The Balaban J connectivity index is 1.81. The number of hydrogen-bond acceptors (Lipinski definition) is 3. The van der Waals surface area contributed by atoms with Crippen molar-refractivity contribution in [1.82, 2.24) is 5.32 Å². The normalized spacial score (nSPS) is 23.2. The van der Waals surface area contributed by atoms with Crippen LogP contribution in [0.1, 0.15) is 19.3 Å². The van der Waals surface area contributed by atoms with Gasteiger partial charge in [0.05, 0.1) is 0 Å². The van der Waals surface area contributed by atoms with Crippen molar-refractivity contribution in [2.75, 3.05) is 32.8 Å². The molecule has 0 amide bonds. The number of nitrogens with one attached hydrogen (secondary N) is 1. The number of nitrogens with two attached hydrogens (primary N) is 1. The van der Waals surface area contributed by atoms with E-state index in [1.807, 2.05) is 0 Å². The van der Waals surface area contributed by atoms with Gasteiger partial charge in [0.1, 0.15) is 0 Å². The van der Waals surface area contributed by atoms with Gasteiger partial charge >= 0.3 is 0 Å². The lowest BCUT2D eigenvalue weighted by molar-refractivity contribution is 0.184.